The van der Waals surface area contributed by atoms with Gasteiger partial charge in [-0.2, -0.15) is 4.98 Å². The van der Waals surface area contributed by atoms with Gasteiger partial charge in [0.1, 0.15) is 0 Å². The standard InChI is InChI=1S/C20H23N5O3S/c1-12-10-13(2)25-19(21-12)22-20(23-25)29-11-15-8-6-7-9-16(15)18(27)28-14(3)17(26)24(4)5/h6-10,14H,11H2,1-5H3/t14-/m0/s1. The lowest BCUT2D eigenvalue weighted by Gasteiger charge is -2.18. The Morgan fingerprint density at radius 1 is 1.21 bits per heavy atom. The first-order valence-corrected chi connectivity index (χ1v) is 10.1. The Bertz CT molecular complexity index is 1060. The first kappa shape index (κ1) is 20.8. The Hall–Kier alpha value is -2.94. The molecule has 9 heteroatoms. The predicted molar refractivity (Wildman–Crippen MR) is 110 cm³/mol. The fraction of sp³-hybridized carbons (Fsp3) is 0.350. The first-order chi connectivity index (χ1) is 13.8. The third kappa shape index (κ3) is 4.73. The molecule has 0 fully saturated rings. The molecular formula is C20H23N5O3S. The molecule has 1 atom stereocenters. The van der Waals surface area contributed by atoms with Crippen molar-refractivity contribution in [1.29, 1.82) is 0 Å². The molecule has 0 saturated heterocycles. The van der Waals surface area contributed by atoms with Crippen molar-refractivity contribution in [2.24, 2.45) is 0 Å². The Labute approximate surface area is 173 Å². The van der Waals surface area contributed by atoms with E-state index >= 15 is 0 Å². The lowest BCUT2D eigenvalue weighted by molar-refractivity contribution is -0.137. The first-order valence-electron chi connectivity index (χ1n) is 9.10. The smallest absolute Gasteiger partial charge is 0.339 e. The summed E-state index contributed by atoms with van der Waals surface area (Å²) in [5.41, 5.74) is 3.04. The summed E-state index contributed by atoms with van der Waals surface area (Å²) in [6.07, 6.45) is -0.851. The number of nitrogens with zero attached hydrogens (tertiary/aromatic N) is 5. The van der Waals surface area contributed by atoms with E-state index in [-0.39, 0.29) is 5.91 Å². The van der Waals surface area contributed by atoms with E-state index in [0.717, 1.165) is 17.0 Å². The van der Waals surface area contributed by atoms with E-state index in [0.29, 0.717) is 22.3 Å². The van der Waals surface area contributed by atoms with Crippen LogP contribution in [0.5, 0.6) is 0 Å². The summed E-state index contributed by atoms with van der Waals surface area (Å²) in [6.45, 7) is 5.43. The zero-order valence-electron chi connectivity index (χ0n) is 17.0. The van der Waals surface area contributed by atoms with E-state index in [1.54, 1.807) is 37.7 Å². The van der Waals surface area contributed by atoms with Gasteiger partial charge in [-0.05, 0) is 38.5 Å². The largest absolute Gasteiger partial charge is 0.449 e. The van der Waals surface area contributed by atoms with Gasteiger partial charge in [-0.15, -0.1) is 5.10 Å². The summed E-state index contributed by atoms with van der Waals surface area (Å²) in [4.78, 5) is 34.8. The van der Waals surface area contributed by atoms with Gasteiger partial charge in [0.2, 0.25) is 5.16 Å². The molecule has 2 heterocycles. The molecule has 152 valence electrons. The summed E-state index contributed by atoms with van der Waals surface area (Å²) in [5.74, 6) is 0.238. The van der Waals surface area contributed by atoms with Crippen molar-refractivity contribution in [2.45, 2.75) is 37.8 Å². The fourth-order valence-corrected chi connectivity index (χ4v) is 3.66. The van der Waals surface area contributed by atoms with Crippen molar-refractivity contribution >= 4 is 29.4 Å². The van der Waals surface area contributed by atoms with Crippen molar-refractivity contribution < 1.29 is 14.3 Å². The minimum absolute atomic E-state index is 0.266. The molecule has 0 aliphatic heterocycles. The number of aromatic nitrogens is 4. The number of benzene rings is 1. The average molecular weight is 414 g/mol. The molecule has 1 aromatic carbocycles. The van der Waals surface area contributed by atoms with Gasteiger partial charge < -0.3 is 9.64 Å². The highest BCUT2D eigenvalue weighted by molar-refractivity contribution is 7.98. The van der Waals surface area contributed by atoms with Crippen LogP contribution >= 0.6 is 11.8 Å². The zero-order valence-corrected chi connectivity index (χ0v) is 17.9. The summed E-state index contributed by atoms with van der Waals surface area (Å²) < 4.78 is 7.04. The zero-order chi connectivity index (χ0) is 21.1. The highest BCUT2D eigenvalue weighted by Crippen LogP contribution is 2.23. The van der Waals surface area contributed by atoms with Gasteiger partial charge in [0.15, 0.2) is 6.10 Å². The normalized spacial score (nSPS) is 12.0. The van der Waals surface area contributed by atoms with E-state index < -0.39 is 12.1 Å². The lowest BCUT2D eigenvalue weighted by Crippen LogP contribution is -2.35. The van der Waals surface area contributed by atoms with Crippen molar-refractivity contribution in [3.05, 3.63) is 52.8 Å². The number of ether oxygens (including phenoxy) is 1. The molecule has 0 N–H and O–H groups in total. The number of carbonyl (C=O) groups excluding carboxylic acids is 2. The third-order valence-electron chi connectivity index (χ3n) is 4.27. The maximum atomic E-state index is 12.6. The summed E-state index contributed by atoms with van der Waals surface area (Å²) in [7, 11) is 3.24. The predicted octanol–water partition coefficient (Wildman–Crippen LogP) is 2.67. The summed E-state index contributed by atoms with van der Waals surface area (Å²) >= 11 is 1.41. The third-order valence-corrected chi connectivity index (χ3v) is 5.15. The van der Waals surface area contributed by atoms with E-state index in [9.17, 15) is 9.59 Å². The van der Waals surface area contributed by atoms with Crippen LogP contribution in [0.25, 0.3) is 5.78 Å². The van der Waals surface area contributed by atoms with E-state index in [1.165, 1.54) is 16.7 Å². The Morgan fingerprint density at radius 2 is 1.93 bits per heavy atom. The number of carbonyl (C=O) groups is 2. The summed E-state index contributed by atoms with van der Waals surface area (Å²) in [6, 6.07) is 9.11. The number of esters is 1. The number of amides is 1. The van der Waals surface area contributed by atoms with Gasteiger partial charge in [-0.25, -0.2) is 14.3 Å². The molecule has 2 aromatic heterocycles. The Morgan fingerprint density at radius 3 is 2.66 bits per heavy atom. The van der Waals surface area contributed by atoms with Crippen molar-refractivity contribution in [1.82, 2.24) is 24.5 Å². The quantitative estimate of drug-likeness (QED) is 0.453. The molecule has 29 heavy (non-hydrogen) atoms. The van der Waals surface area contributed by atoms with Crippen LogP contribution in [0, 0.1) is 13.8 Å². The lowest BCUT2D eigenvalue weighted by atomic mass is 10.1. The number of fused-ring (bicyclic) bond motifs is 1. The Balaban J connectivity index is 1.75. The van der Waals surface area contributed by atoms with Crippen LogP contribution in [0.2, 0.25) is 0 Å². The number of rotatable bonds is 6. The average Bonchev–Trinajstić information content (AvgIpc) is 3.09. The summed E-state index contributed by atoms with van der Waals surface area (Å²) in [5, 5.41) is 5.05. The van der Waals surface area contributed by atoms with Gasteiger partial charge in [0.25, 0.3) is 11.7 Å². The number of hydrogen-bond acceptors (Lipinski definition) is 7. The molecule has 0 unspecified atom stereocenters. The van der Waals surface area contributed by atoms with Crippen LogP contribution in [0.1, 0.15) is 34.2 Å². The van der Waals surface area contributed by atoms with Crippen LogP contribution in [-0.4, -0.2) is 56.6 Å². The molecule has 3 rings (SSSR count). The molecule has 0 spiro atoms. The highest BCUT2D eigenvalue weighted by atomic mass is 32.2. The van der Waals surface area contributed by atoms with Crippen LogP contribution in [0.3, 0.4) is 0 Å². The monoisotopic (exact) mass is 413 g/mol. The van der Waals surface area contributed by atoms with E-state index in [4.69, 9.17) is 4.74 Å². The highest BCUT2D eigenvalue weighted by Gasteiger charge is 2.22. The minimum atomic E-state index is -0.851. The molecule has 0 radical (unpaired) electrons. The molecular weight excluding hydrogens is 390 g/mol. The Kier molecular flexibility index (Phi) is 6.17. The molecule has 1 amide bonds. The van der Waals surface area contributed by atoms with Crippen LogP contribution in [0.15, 0.2) is 35.5 Å². The van der Waals surface area contributed by atoms with E-state index in [2.05, 4.69) is 15.1 Å². The van der Waals surface area contributed by atoms with Crippen LogP contribution in [-0.2, 0) is 15.3 Å². The molecule has 0 bridgehead atoms. The molecule has 8 nitrogen and oxygen atoms in total. The second-order valence-electron chi connectivity index (χ2n) is 6.87. The van der Waals surface area contributed by atoms with Gasteiger partial charge in [0.05, 0.1) is 5.56 Å². The van der Waals surface area contributed by atoms with Crippen LogP contribution < -0.4 is 0 Å². The number of hydrogen-bond donors (Lipinski definition) is 0. The van der Waals surface area contributed by atoms with Gasteiger partial charge in [-0.3, -0.25) is 4.79 Å². The van der Waals surface area contributed by atoms with Gasteiger partial charge in [-0.1, -0.05) is 30.0 Å². The maximum absolute atomic E-state index is 12.6. The van der Waals surface area contributed by atoms with E-state index in [1.807, 2.05) is 32.0 Å². The second-order valence-corrected chi connectivity index (χ2v) is 7.81. The van der Waals surface area contributed by atoms with Crippen LogP contribution in [0.4, 0.5) is 0 Å². The van der Waals surface area contributed by atoms with Crippen molar-refractivity contribution in [3.8, 4) is 0 Å². The fourth-order valence-electron chi connectivity index (χ4n) is 2.83. The SMILES string of the molecule is Cc1cc(C)n2nc(SCc3ccccc3C(=O)O[C@@H](C)C(=O)N(C)C)nc2n1. The maximum Gasteiger partial charge on any atom is 0.339 e. The van der Waals surface area contributed by atoms with Gasteiger partial charge >= 0.3 is 5.97 Å². The topological polar surface area (TPSA) is 89.7 Å². The minimum Gasteiger partial charge on any atom is -0.449 e. The molecule has 0 saturated carbocycles. The number of likely N-dealkylation sites (N-methyl/N-ethyl adjacent to an activating group) is 1. The second kappa shape index (κ2) is 8.60. The molecule has 0 aliphatic carbocycles. The van der Waals surface area contributed by atoms with Crippen molar-refractivity contribution in [3.63, 3.8) is 0 Å². The van der Waals surface area contributed by atoms with Gasteiger partial charge in [0, 0.05) is 31.2 Å². The van der Waals surface area contributed by atoms with Crippen molar-refractivity contribution in [2.75, 3.05) is 14.1 Å². The number of thioether (sulfide) groups is 1. The molecule has 0 aliphatic rings. The molecule has 3 aromatic rings. The number of aryl methyl sites for hydroxylation is 2.